The van der Waals surface area contributed by atoms with Gasteiger partial charge < -0.3 is 5.11 Å². The number of hydrogen-bond acceptors (Lipinski definition) is 1. The maximum absolute atomic E-state index is 8.18. The second-order valence-corrected chi connectivity index (χ2v) is 1.41. The molecule has 0 heterocycles. The summed E-state index contributed by atoms with van der Waals surface area (Å²) in [5.74, 6) is 0. The van der Waals surface area contributed by atoms with Crippen LogP contribution in [0.25, 0.3) is 0 Å². The lowest BCUT2D eigenvalue weighted by molar-refractivity contribution is 0.261. The molecule has 5 heavy (non-hydrogen) atoms. The van der Waals surface area contributed by atoms with Gasteiger partial charge in [0.05, 0.1) is 0 Å². The van der Waals surface area contributed by atoms with Crippen LogP contribution in [0.5, 0.6) is 0 Å². The number of hydrogen-bond donors (Lipinski definition) is 1. The molecule has 1 nitrogen and oxygen atoms in total. The summed E-state index contributed by atoms with van der Waals surface area (Å²) in [7, 11) is 0. The van der Waals surface area contributed by atoms with E-state index >= 15 is 0 Å². The molecule has 0 aromatic carbocycles. The highest BCUT2D eigenvalue weighted by atomic mass is 32.1. The standard InChI is InChI=1S/C3H7OS/c1-2-3(4)5/h3-4H,2H2,1H3. The fourth-order valence-electron chi connectivity index (χ4n) is 0. The summed E-state index contributed by atoms with van der Waals surface area (Å²) in [5.41, 5.74) is -0.532. The molecule has 0 aliphatic rings. The second-order valence-electron chi connectivity index (χ2n) is 0.863. The number of aliphatic hydroxyl groups excluding tert-OH is 1. The molecule has 0 spiro atoms. The minimum Gasteiger partial charge on any atom is -0.382 e. The van der Waals surface area contributed by atoms with E-state index in [4.69, 9.17) is 5.11 Å². The third-order valence-electron chi connectivity index (χ3n) is 0.349. The summed E-state index contributed by atoms with van der Waals surface area (Å²) < 4.78 is 0. The van der Waals surface area contributed by atoms with Crippen LogP contribution >= 0.6 is 12.6 Å². The Morgan fingerprint density at radius 3 is 2.20 bits per heavy atom. The largest absolute Gasteiger partial charge is 0.382 e. The molecule has 1 unspecified atom stereocenters. The lowest BCUT2D eigenvalue weighted by atomic mass is 10.5. The number of aliphatic hydroxyl groups is 1. The van der Waals surface area contributed by atoms with Crippen LogP contribution in [-0.2, 0) is 0 Å². The highest BCUT2D eigenvalue weighted by Gasteiger charge is 1.84. The van der Waals surface area contributed by atoms with Gasteiger partial charge in [0.1, 0.15) is 5.44 Å². The van der Waals surface area contributed by atoms with Gasteiger partial charge in [0.25, 0.3) is 0 Å². The quantitative estimate of drug-likeness (QED) is 0.508. The zero-order chi connectivity index (χ0) is 4.28. The Hall–Kier alpha value is 0.310. The predicted octanol–water partition coefficient (Wildman–Crippen LogP) is 0.912. The van der Waals surface area contributed by atoms with Gasteiger partial charge in [-0.05, 0) is 6.42 Å². The summed E-state index contributed by atoms with van der Waals surface area (Å²) in [6.45, 7) is 1.84. The van der Waals surface area contributed by atoms with Crippen LogP contribution in [0.2, 0.25) is 0 Å². The van der Waals surface area contributed by atoms with Gasteiger partial charge in [-0.25, -0.2) is 0 Å². The molecule has 0 fully saturated rings. The monoisotopic (exact) mass is 91.0 g/mol. The predicted molar refractivity (Wildman–Crippen MR) is 23.9 cm³/mol. The minimum atomic E-state index is -0.532. The van der Waals surface area contributed by atoms with Gasteiger partial charge in [-0.2, -0.15) is 0 Å². The smallest absolute Gasteiger partial charge is 0.109 e. The normalized spacial score (nSPS) is 15.0. The third kappa shape index (κ3) is 4.31. The first kappa shape index (κ1) is 5.31. The van der Waals surface area contributed by atoms with Crippen molar-refractivity contribution < 1.29 is 5.11 Å². The molecule has 0 saturated carbocycles. The first-order valence-corrected chi connectivity index (χ1v) is 2.08. The molecule has 0 aliphatic heterocycles. The van der Waals surface area contributed by atoms with E-state index in [0.29, 0.717) is 6.42 Å². The Labute approximate surface area is 37.4 Å². The van der Waals surface area contributed by atoms with E-state index in [-0.39, 0.29) is 0 Å². The van der Waals surface area contributed by atoms with E-state index < -0.39 is 5.44 Å². The molecule has 1 atom stereocenters. The third-order valence-corrected chi connectivity index (χ3v) is 0.683. The van der Waals surface area contributed by atoms with Gasteiger partial charge in [-0.1, -0.05) is 19.6 Å². The SMILES string of the molecule is CCC(O)[S]. The van der Waals surface area contributed by atoms with Crippen LogP contribution in [0.3, 0.4) is 0 Å². The lowest BCUT2D eigenvalue weighted by Crippen LogP contribution is -1.88. The Balaban J connectivity index is 2.54. The highest BCUT2D eigenvalue weighted by Crippen LogP contribution is 1.90. The molecule has 0 aromatic rings. The van der Waals surface area contributed by atoms with Crippen LogP contribution in [0.1, 0.15) is 13.3 Å². The molecule has 0 aromatic heterocycles. The fraction of sp³-hybridized carbons (Fsp3) is 1.00. The van der Waals surface area contributed by atoms with Gasteiger partial charge in [-0.3, -0.25) is 0 Å². The van der Waals surface area contributed by atoms with Crippen molar-refractivity contribution in [3.63, 3.8) is 0 Å². The number of rotatable bonds is 1. The van der Waals surface area contributed by atoms with E-state index in [1.54, 1.807) is 0 Å². The average molecular weight is 91.2 g/mol. The van der Waals surface area contributed by atoms with Crippen LogP contribution in [-0.4, -0.2) is 10.5 Å². The molecule has 0 rings (SSSR count). The van der Waals surface area contributed by atoms with E-state index in [9.17, 15) is 0 Å². The Kier molecular flexibility index (Phi) is 2.70. The molecule has 1 N–H and O–H groups in total. The molecule has 31 valence electrons. The van der Waals surface area contributed by atoms with E-state index in [2.05, 4.69) is 12.6 Å². The van der Waals surface area contributed by atoms with Gasteiger partial charge in [0.15, 0.2) is 0 Å². The van der Waals surface area contributed by atoms with E-state index in [1.165, 1.54) is 0 Å². The van der Waals surface area contributed by atoms with Crippen molar-refractivity contribution in [2.45, 2.75) is 18.8 Å². The fourth-order valence-corrected chi connectivity index (χ4v) is 0. The maximum Gasteiger partial charge on any atom is 0.109 e. The van der Waals surface area contributed by atoms with Crippen molar-refractivity contribution >= 4 is 12.6 Å². The molecular formula is C3H7OS. The molecule has 2 heteroatoms. The molecule has 0 amide bonds. The Morgan fingerprint density at radius 2 is 2.20 bits per heavy atom. The molecule has 1 radical (unpaired) electrons. The first-order valence-electron chi connectivity index (χ1n) is 1.61. The van der Waals surface area contributed by atoms with Crippen molar-refractivity contribution in [1.29, 1.82) is 0 Å². The van der Waals surface area contributed by atoms with Gasteiger partial charge >= 0.3 is 0 Å². The van der Waals surface area contributed by atoms with Crippen LogP contribution in [0, 0.1) is 0 Å². The summed E-state index contributed by atoms with van der Waals surface area (Å²) in [6, 6.07) is 0. The van der Waals surface area contributed by atoms with E-state index in [1.807, 2.05) is 6.92 Å². The summed E-state index contributed by atoms with van der Waals surface area (Å²) >= 11 is 4.34. The minimum absolute atomic E-state index is 0.532. The summed E-state index contributed by atoms with van der Waals surface area (Å²) in [4.78, 5) is 0. The van der Waals surface area contributed by atoms with Crippen molar-refractivity contribution in [1.82, 2.24) is 0 Å². The zero-order valence-electron chi connectivity index (χ0n) is 3.14. The van der Waals surface area contributed by atoms with E-state index in [0.717, 1.165) is 0 Å². The molecule has 0 aliphatic carbocycles. The van der Waals surface area contributed by atoms with Crippen LogP contribution in [0.4, 0.5) is 0 Å². The molecular weight excluding hydrogens is 84.1 g/mol. The van der Waals surface area contributed by atoms with Crippen molar-refractivity contribution in [3.8, 4) is 0 Å². The second kappa shape index (κ2) is 2.54. The van der Waals surface area contributed by atoms with Gasteiger partial charge in [-0.15, -0.1) is 0 Å². The van der Waals surface area contributed by atoms with Crippen molar-refractivity contribution in [2.75, 3.05) is 0 Å². The van der Waals surface area contributed by atoms with Gasteiger partial charge in [0.2, 0.25) is 0 Å². The first-order chi connectivity index (χ1) is 2.27. The molecule has 0 bridgehead atoms. The highest BCUT2D eigenvalue weighted by molar-refractivity contribution is 7.80. The van der Waals surface area contributed by atoms with Gasteiger partial charge in [0, 0.05) is 0 Å². The van der Waals surface area contributed by atoms with Crippen molar-refractivity contribution in [3.05, 3.63) is 0 Å². The van der Waals surface area contributed by atoms with Crippen LogP contribution < -0.4 is 0 Å². The Morgan fingerprint density at radius 1 is 2.00 bits per heavy atom. The topological polar surface area (TPSA) is 20.2 Å². The summed E-state index contributed by atoms with van der Waals surface area (Å²) in [5, 5.41) is 8.18. The average Bonchev–Trinajstić information content (AvgIpc) is 1.38. The molecule has 0 saturated heterocycles. The Bertz CT molecular complexity index is 20.9. The summed E-state index contributed by atoms with van der Waals surface area (Å²) in [6.07, 6.45) is 0.676. The maximum atomic E-state index is 8.18. The zero-order valence-corrected chi connectivity index (χ0v) is 3.96. The van der Waals surface area contributed by atoms with Crippen LogP contribution in [0.15, 0.2) is 0 Å². The van der Waals surface area contributed by atoms with Crippen molar-refractivity contribution in [2.24, 2.45) is 0 Å². The lowest BCUT2D eigenvalue weighted by Gasteiger charge is -1.88.